The monoisotopic (exact) mass is 293 g/mol. The summed E-state index contributed by atoms with van der Waals surface area (Å²) in [6.45, 7) is 0. The van der Waals surface area contributed by atoms with Gasteiger partial charge in [0, 0.05) is 6.42 Å². The largest absolute Gasteiger partial charge is 0.478 e. The summed E-state index contributed by atoms with van der Waals surface area (Å²) in [5.41, 5.74) is -0.102. The highest BCUT2D eigenvalue weighted by atomic mass is 19.1. The second kappa shape index (κ2) is 7.20. The van der Waals surface area contributed by atoms with E-state index in [0.29, 0.717) is 12.3 Å². The van der Waals surface area contributed by atoms with Gasteiger partial charge in [0.2, 0.25) is 5.91 Å². The minimum absolute atomic E-state index is 0.0406. The number of aromatic carboxylic acids is 1. The van der Waals surface area contributed by atoms with E-state index in [9.17, 15) is 14.0 Å². The SMILES string of the molecule is O=C(CC1CCCCCC1)Nc1cc(C(=O)O)ccc1F. The number of rotatable bonds is 4. The molecule has 1 fully saturated rings. The van der Waals surface area contributed by atoms with Crippen LogP contribution in [-0.2, 0) is 4.79 Å². The topological polar surface area (TPSA) is 66.4 Å². The van der Waals surface area contributed by atoms with Crippen LogP contribution in [-0.4, -0.2) is 17.0 Å². The quantitative estimate of drug-likeness (QED) is 0.829. The molecule has 0 aliphatic heterocycles. The van der Waals surface area contributed by atoms with Gasteiger partial charge in [0.15, 0.2) is 0 Å². The smallest absolute Gasteiger partial charge is 0.335 e. The van der Waals surface area contributed by atoms with E-state index in [2.05, 4.69) is 5.32 Å². The summed E-state index contributed by atoms with van der Waals surface area (Å²) in [5, 5.41) is 11.4. The van der Waals surface area contributed by atoms with Crippen LogP contribution < -0.4 is 5.32 Å². The third kappa shape index (κ3) is 4.55. The molecule has 0 aromatic heterocycles. The van der Waals surface area contributed by atoms with Gasteiger partial charge >= 0.3 is 5.97 Å². The highest BCUT2D eigenvalue weighted by Crippen LogP contribution is 2.26. The Bertz CT molecular complexity index is 522. The zero-order valence-electron chi connectivity index (χ0n) is 11.9. The van der Waals surface area contributed by atoms with Crippen molar-refractivity contribution in [2.75, 3.05) is 5.32 Å². The molecule has 1 saturated carbocycles. The molecule has 2 N–H and O–H groups in total. The van der Waals surface area contributed by atoms with E-state index in [1.807, 2.05) is 0 Å². The Hall–Kier alpha value is -1.91. The van der Waals surface area contributed by atoms with Crippen LogP contribution in [0.4, 0.5) is 10.1 Å². The van der Waals surface area contributed by atoms with Gasteiger partial charge in [-0.15, -0.1) is 0 Å². The summed E-state index contributed by atoms with van der Waals surface area (Å²) in [6.07, 6.45) is 7.15. The molecule has 0 radical (unpaired) electrons. The van der Waals surface area contributed by atoms with Crippen molar-refractivity contribution in [3.05, 3.63) is 29.6 Å². The van der Waals surface area contributed by atoms with Gasteiger partial charge in [0.1, 0.15) is 5.82 Å². The second-order valence-electron chi connectivity index (χ2n) is 5.61. The van der Waals surface area contributed by atoms with Gasteiger partial charge in [-0.2, -0.15) is 0 Å². The van der Waals surface area contributed by atoms with Crippen LogP contribution in [0.25, 0.3) is 0 Å². The van der Waals surface area contributed by atoms with Gasteiger partial charge < -0.3 is 10.4 Å². The number of anilines is 1. The van der Waals surface area contributed by atoms with Crippen LogP contribution in [0.3, 0.4) is 0 Å². The lowest BCUT2D eigenvalue weighted by Gasteiger charge is -2.14. The van der Waals surface area contributed by atoms with Crippen LogP contribution in [0, 0.1) is 11.7 Å². The summed E-state index contributed by atoms with van der Waals surface area (Å²) in [5.74, 6) is -1.66. The van der Waals surface area contributed by atoms with Crippen molar-refractivity contribution in [3.63, 3.8) is 0 Å². The molecule has 5 heteroatoms. The molecule has 0 unspecified atom stereocenters. The maximum atomic E-state index is 13.6. The third-order valence-corrected chi connectivity index (χ3v) is 3.94. The molecule has 1 aromatic rings. The Morgan fingerprint density at radius 1 is 1.19 bits per heavy atom. The van der Waals surface area contributed by atoms with Crippen molar-refractivity contribution in [1.82, 2.24) is 0 Å². The maximum absolute atomic E-state index is 13.6. The lowest BCUT2D eigenvalue weighted by molar-refractivity contribution is -0.117. The summed E-state index contributed by atoms with van der Waals surface area (Å²) >= 11 is 0. The molecule has 0 heterocycles. The fourth-order valence-corrected chi connectivity index (χ4v) is 2.79. The van der Waals surface area contributed by atoms with Gasteiger partial charge in [-0.05, 0) is 37.0 Å². The van der Waals surface area contributed by atoms with E-state index < -0.39 is 11.8 Å². The minimum Gasteiger partial charge on any atom is -0.478 e. The molecular formula is C16H20FNO3. The number of hydrogen-bond acceptors (Lipinski definition) is 2. The predicted molar refractivity (Wildman–Crippen MR) is 77.8 cm³/mol. The van der Waals surface area contributed by atoms with Gasteiger partial charge in [0.05, 0.1) is 11.3 Å². The maximum Gasteiger partial charge on any atom is 0.335 e. The van der Waals surface area contributed by atoms with Gasteiger partial charge in [-0.25, -0.2) is 9.18 Å². The van der Waals surface area contributed by atoms with Crippen LogP contribution in [0.5, 0.6) is 0 Å². The number of carbonyl (C=O) groups excluding carboxylic acids is 1. The second-order valence-corrected chi connectivity index (χ2v) is 5.61. The predicted octanol–water partition coefficient (Wildman–Crippen LogP) is 3.82. The van der Waals surface area contributed by atoms with E-state index in [4.69, 9.17) is 5.11 Å². The van der Waals surface area contributed by atoms with E-state index in [1.54, 1.807) is 0 Å². The molecule has 1 aliphatic rings. The average molecular weight is 293 g/mol. The number of nitrogens with one attached hydrogen (secondary N) is 1. The molecule has 2 rings (SSSR count). The van der Waals surface area contributed by atoms with Crippen LogP contribution in [0.2, 0.25) is 0 Å². The average Bonchev–Trinajstić information content (AvgIpc) is 2.69. The first-order valence-electron chi connectivity index (χ1n) is 7.39. The van der Waals surface area contributed by atoms with Gasteiger partial charge in [-0.3, -0.25) is 4.79 Å². The third-order valence-electron chi connectivity index (χ3n) is 3.94. The number of amides is 1. The highest BCUT2D eigenvalue weighted by Gasteiger charge is 2.17. The molecule has 4 nitrogen and oxygen atoms in total. The zero-order valence-corrected chi connectivity index (χ0v) is 11.9. The summed E-state index contributed by atoms with van der Waals surface area (Å²) in [7, 11) is 0. The van der Waals surface area contributed by atoms with Crippen molar-refractivity contribution in [1.29, 1.82) is 0 Å². The summed E-state index contributed by atoms with van der Waals surface area (Å²) in [4.78, 5) is 22.9. The molecule has 1 aromatic carbocycles. The van der Waals surface area contributed by atoms with Crippen molar-refractivity contribution < 1.29 is 19.1 Å². The first kappa shape index (κ1) is 15.5. The molecule has 0 spiro atoms. The first-order valence-corrected chi connectivity index (χ1v) is 7.39. The lowest BCUT2D eigenvalue weighted by atomic mass is 9.96. The number of carboxylic acid groups (broad SMARTS) is 1. The Kier molecular flexibility index (Phi) is 5.31. The van der Waals surface area contributed by atoms with Crippen LogP contribution in [0.15, 0.2) is 18.2 Å². The normalized spacial score (nSPS) is 16.2. The van der Waals surface area contributed by atoms with Gasteiger partial charge in [-0.1, -0.05) is 25.7 Å². The summed E-state index contributed by atoms with van der Waals surface area (Å²) in [6, 6.07) is 3.39. The lowest BCUT2D eigenvalue weighted by Crippen LogP contribution is -2.17. The van der Waals surface area contributed by atoms with E-state index >= 15 is 0 Å². The van der Waals surface area contributed by atoms with Crippen molar-refractivity contribution >= 4 is 17.6 Å². The van der Waals surface area contributed by atoms with E-state index in [1.165, 1.54) is 18.9 Å². The van der Waals surface area contributed by atoms with E-state index in [-0.39, 0.29) is 17.2 Å². The standard InChI is InChI=1S/C16H20FNO3/c17-13-8-7-12(16(20)21)10-14(13)18-15(19)9-11-5-3-1-2-4-6-11/h7-8,10-11H,1-6,9H2,(H,18,19)(H,20,21). The highest BCUT2D eigenvalue weighted by molar-refractivity contribution is 5.94. The number of halogens is 1. The minimum atomic E-state index is -1.14. The molecule has 0 saturated heterocycles. The molecule has 21 heavy (non-hydrogen) atoms. The molecule has 1 aliphatic carbocycles. The zero-order chi connectivity index (χ0) is 15.2. The molecule has 1 amide bonds. The molecule has 0 bridgehead atoms. The van der Waals surface area contributed by atoms with Crippen LogP contribution in [0.1, 0.15) is 55.3 Å². The Morgan fingerprint density at radius 3 is 2.48 bits per heavy atom. The van der Waals surface area contributed by atoms with Crippen molar-refractivity contribution in [2.24, 2.45) is 5.92 Å². The van der Waals surface area contributed by atoms with E-state index in [0.717, 1.165) is 37.8 Å². The first-order chi connectivity index (χ1) is 10.1. The number of carboxylic acids is 1. The number of benzene rings is 1. The Balaban J connectivity index is 1.98. The molecule has 0 atom stereocenters. The number of carbonyl (C=O) groups is 2. The Morgan fingerprint density at radius 2 is 1.86 bits per heavy atom. The Labute approximate surface area is 123 Å². The fourth-order valence-electron chi connectivity index (χ4n) is 2.79. The van der Waals surface area contributed by atoms with Crippen molar-refractivity contribution in [2.45, 2.75) is 44.9 Å². The summed E-state index contributed by atoms with van der Waals surface area (Å²) < 4.78 is 13.6. The van der Waals surface area contributed by atoms with Crippen LogP contribution >= 0.6 is 0 Å². The van der Waals surface area contributed by atoms with Gasteiger partial charge in [0.25, 0.3) is 0 Å². The number of hydrogen-bond donors (Lipinski definition) is 2. The molecule has 114 valence electrons. The fraction of sp³-hybridized carbons (Fsp3) is 0.500. The molecular weight excluding hydrogens is 273 g/mol. The van der Waals surface area contributed by atoms with Crippen molar-refractivity contribution in [3.8, 4) is 0 Å².